The van der Waals surface area contributed by atoms with Gasteiger partial charge < -0.3 is 10.6 Å². The SMILES string of the molecule is Cc1cc(-c2ncnn3cc(-c4ccc(CN5CCC(c6ccc(NC7CCC(=O)NC7=O)cc6)CC5)cc4)cc23)ccc1CNC(=O)c1ccc(C(C)(C)C)cc1. The maximum Gasteiger partial charge on any atom is 0.251 e. The first-order valence-corrected chi connectivity index (χ1v) is 20.3. The second-order valence-corrected chi connectivity index (χ2v) is 16.8. The molecular formula is C48H51N7O3. The number of benzene rings is 4. The van der Waals surface area contributed by atoms with Crippen LogP contribution in [0.2, 0.25) is 0 Å². The quantitative estimate of drug-likeness (QED) is 0.120. The molecular weight excluding hydrogens is 723 g/mol. The third-order valence-electron chi connectivity index (χ3n) is 11.7. The van der Waals surface area contributed by atoms with Crippen LogP contribution >= 0.6 is 0 Å². The zero-order chi connectivity index (χ0) is 40.4. The number of amides is 3. The summed E-state index contributed by atoms with van der Waals surface area (Å²) in [6.07, 6.45) is 6.74. The Morgan fingerprint density at radius 1 is 0.845 bits per heavy atom. The number of carbonyl (C=O) groups is 3. The molecule has 0 bridgehead atoms. The molecule has 2 fully saturated rings. The van der Waals surface area contributed by atoms with Gasteiger partial charge in [0.05, 0.1) is 11.2 Å². The Labute approximate surface area is 340 Å². The van der Waals surface area contributed by atoms with E-state index in [1.807, 2.05) is 40.9 Å². The molecule has 10 nitrogen and oxygen atoms in total. The Morgan fingerprint density at radius 2 is 1.57 bits per heavy atom. The summed E-state index contributed by atoms with van der Waals surface area (Å²) < 4.78 is 1.90. The fourth-order valence-electron chi connectivity index (χ4n) is 8.12. The predicted octanol–water partition coefficient (Wildman–Crippen LogP) is 8.20. The lowest BCUT2D eigenvalue weighted by molar-refractivity contribution is -0.133. The molecule has 1 unspecified atom stereocenters. The van der Waals surface area contributed by atoms with Crippen molar-refractivity contribution < 1.29 is 14.4 Å². The van der Waals surface area contributed by atoms with E-state index in [0.29, 0.717) is 30.9 Å². The maximum atomic E-state index is 12.9. The summed E-state index contributed by atoms with van der Waals surface area (Å²) in [4.78, 5) is 43.7. The number of hydrogen-bond acceptors (Lipinski definition) is 7. The summed E-state index contributed by atoms with van der Waals surface area (Å²) in [5.41, 5.74) is 12.6. The first kappa shape index (κ1) is 38.7. The zero-order valence-electron chi connectivity index (χ0n) is 33.7. The number of likely N-dealkylation sites (tertiary alicyclic amines) is 1. The van der Waals surface area contributed by atoms with Crippen molar-refractivity contribution in [2.75, 3.05) is 18.4 Å². The number of nitrogens with one attached hydrogen (secondary N) is 3. The number of rotatable bonds is 10. The van der Waals surface area contributed by atoms with Gasteiger partial charge >= 0.3 is 0 Å². The third kappa shape index (κ3) is 8.72. The molecule has 2 saturated heterocycles. The van der Waals surface area contributed by atoms with Crippen molar-refractivity contribution in [2.24, 2.45) is 0 Å². The summed E-state index contributed by atoms with van der Waals surface area (Å²) in [6, 6.07) is 33.2. The molecule has 58 heavy (non-hydrogen) atoms. The molecule has 0 saturated carbocycles. The molecule has 3 amide bonds. The highest BCUT2D eigenvalue weighted by Gasteiger charge is 2.27. The third-order valence-corrected chi connectivity index (χ3v) is 11.7. The van der Waals surface area contributed by atoms with E-state index in [0.717, 1.165) is 77.2 Å². The predicted molar refractivity (Wildman–Crippen MR) is 228 cm³/mol. The molecule has 2 aliphatic rings. The van der Waals surface area contributed by atoms with E-state index in [4.69, 9.17) is 4.98 Å². The van der Waals surface area contributed by atoms with Gasteiger partial charge in [-0.25, -0.2) is 9.50 Å². The van der Waals surface area contributed by atoms with Crippen LogP contribution in [0, 0.1) is 6.92 Å². The number of hydrogen-bond donors (Lipinski definition) is 3. The van der Waals surface area contributed by atoms with Crippen LogP contribution in [0.25, 0.3) is 27.9 Å². The van der Waals surface area contributed by atoms with Crippen molar-refractivity contribution in [1.29, 1.82) is 0 Å². The molecule has 3 N–H and O–H groups in total. The Hall–Kier alpha value is -6.13. The second kappa shape index (κ2) is 16.4. The number of anilines is 1. The molecule has 1 atom stereocenters. The average molecular weight is 774 g/mol. The number of aromatic nitrogens is 3. The van der Waals surface area contributed by atoms with Gasteiger partial charge in [0.15, 0.2) is 0 Å². The van der Waals surface area contributed by atoms with Crippen LogP contribution < -0.4 is 16.0 Å². The lowest BCUT2D eigenvalue weighted by Crippen LogP contribution is -2.47. The normalized spacial score (nSPS) is 16.7. The van der Waals surface area contributed by atoms with Crippen molar-refractivity contribution in [2.45, 2.75) is 83.8 Å². The molecule has 296 valence electrons. The minimum Gasteiger partial charge on any atom is -0.374 e. The molecule has 10 heteroatoms. The molecule has 0 aliphatic carbocycles. The summed E-state index contributed by atoms with van der Waals surface area (Å²) >= 11 is 0. The highest BCUT2D eigenvalue weighted by atomic mass is 16.2. The smallest absolute Gasteiger partial charge is 0.251 e. The molecule has 2 aliphatic heterocycles. The molecule has 6 aromatic rings. The van der Waals surface area contributed by atoms with Crippen molar-refractivity contribution in [3.05, 3.63) is 143 Å². The number of carbonyl (C=O) groups excluding carboxylic acids is 3. The second-order valence-electron chi connectivity index (χ2n) is 16.8. The average Bonchev–Trinajstić information content (AvgIpc) is 3.67. The summed E-state index contributed by atoms with van der Waals surface area (Å²) in [6.45, 7) is 12.0. The van der Waals surface area contributed by atoms with E-state index >= 15 is 0 Å². The van der Waals surface area contributed by atoms with E-state index in [9.17, 15) is 14.4 Å². The van der Waals surface area contributed by atoms with Crippen LogP contribution in [-0.2, 0) is 28.1 Å². The van der Waals surface area contributed by atoms with Crippen molar-refractivity contribution in [3.63, 3.8) is 0 Å². The first-order chi connectivity index (χ1) is 28.0. The summed E-state index contributed by atoms with van der Waals surface area (Å²) in [7, 11) is 0. The standard InChI is InChI=1S/C48H51N7O3/c1-31-25-37(9-10-38(31)27-49-46(57)36-11-15-40(16-12-36)48(2,3)4)45-43-26-39(29-55(43)51-30-50-45)34-7-5-32(6-8-34)28-54-23-21-35(22-24-54)33-13-17-41(18-14-33)52-42-19-20-44(56)53-47(42)58/h5-18,25-26,29-30,35,42,52H,19-24,27-28H2,1-4H3,(H,49,57)(H,53,56,58). The lowest BCUT2D eigenvalue weighted by atomic mass is 9.87. The van der Waals surface area contributed by atoms with E-state index in [1.54, 1.807) is 6.33 Å². The fraction of sp³-hybridized carbons (Fsp3) is 0.312. The van der Waals surface area contributed by atoms with Gasteiger partial charge in [0, 0.05) is 48.1 Å². The largest absolute Gasteiger partial charge is 0.374 e. The van der Waals surface area contributed by atoms with Gasteiger partial charge in [-0.3, -0.25) is 24.6 Å². The maximum absolute atomic E-state index is 12.9. The fourth-order valence-corrected chi connectivity index (χ4v) is 8.12. The molecule has 0 spiro atoms. The first-order valence-electron chi connectivity index (χ1n) is 20.3. The monoisotopic (exact) mass is 773 g/mol. The minimum atomic E-state index is -0.372. The Bertz CT molecular complexity index is 2440. The van der Waals surface area contributed by atoms with Crippen LogP contribution in [0.1, 0.15) is 90.5 Å². The molecule has 8 rings (SSSR count). The zero-order valence-corrected chi connectivity index (χ0v) is 33.7. The van der Waals surface area contributed by atoms with E-state index in [2.05, 4.69) is 121 Å². The van der Waals surface area contributed by atoms with Gasteiger partial charge in [0.25, 0.3) is 5.91 Å². The molecule has 2 aromatic heterocycles. The van der Waals surface area contributed by atoms with Gasteiger partial charge in [0.2, 0.25) is 11.8 Å². The van der Waals surface area contributed by atoms with Crippen LogP contribution in [-0.4, -0.2) is 56.4 Å². The van der Waals surface area contributed by atoms with E-state index in [-0.39, 0.29) is 29.2 Å². The van der Waals surface area contributed by atoms with Crippen LogP contribution in [0.4, 0.5) is 5.69 Å². The Balaban J connectivity index is 0.855. The number of piperidine rings is 2. The highest BCUT2D eigenvalue weighted by molar-refractivity contribution is 6.01. The number of nitrogens with zero attached hydrogens (tertiary/aromatic N) is 4. The Kier molecular flexibility index (Phi) is 10.9. The summed E-state index contributed by atoms with van der Waals surface area (Å²) in [5, 5.41) is 13.3. The van der Waals surface area contributed by atoms with Gasteiger partial charge in [-0.15, -0.1) is 0 Å². The van der Waals surface area contributed by atoms with Gasteiger partial charge in [-0.05, 0) is 120 Å². The van der Waals surface area contributed by atoms with Gasteiger partial charge in [-0.1, -0.05) is 81.4 Å². The molecule has 4 heterocycles. The van der Waals surface area contributed by atoms with Crippen LogP contribution in [0.15, 0.2) is 110 Å². The lowest BCUT2D eigenvalue weighted by Gasteiger charge is -2.32. The van der Waals surface area contributed by atoms with Crippen molar-refractivity contribution in [1.82, 2.24) is 30.1 Å². The van der Waals surface area contributed by atoms with Crippen LogP contribution in [0.3, 0.4) is 0 Å². The van der Waals surface area contributed by atoms with Gasteiger partial charge in [-0.2, -0.15) is 5.10 Å². The number of imide groups is 1. The highest BCUT2D eigenvalue weighted by Crippen LogP contribution is 2.32. The molecule has 0 radical (unpaired) electrons. The number of aryl methyl sites for hydroxylation is 1. The summed E-state index contributed by atoms with van der Waals surface area (Å²) in [5.74, 6) is -0.0259. The minimum absolute atomic E-state index is 0.0404. The number of fused-ring (bicyclic) bond motifs is 1. The van der Waals surface area contributed by atoms with E-state index < -0.39 is 0 Å². The Morgan fingerprint density at radius 3 is 2.26 bits per heavy atom. The van der Waals surface area contributed by atoms with Crippen molar-refractivity contribution >= 4 is 28.9 Å². The van der Waals surface area contributed by atoms with Gasteiger partial charge in [0.1, 0.15) is 12.4 Å². The topological polar surface area (TPSA) is 121 Å². The molecule has 4 aromatic carbocycles. The van der Waals surface area contributed by atoms with E-state index in [1.165, 1.54) is 16.7 Å². The van der Waals surface area contributed by atoms with Crippen molar-refractivity contribution in [3.8, 4) is 22.4 Å². The van der Waals surface area contributed by atoms with Crippen LogP contribution in [0.5, 0.6) is 0 Å².